The lowest BCUT2D eigenvalue weighted by Gasteiger charge is -2.50. The van der Waals surface area contributed by atoms with Gasteiger partial charge in [-0.1, -0.05) is 59.1 Å². The minimum Gasteiger partial charge on any atom is -0.504 e. The molecule has 2 heterocycles. The van der Waals surface area contributed by atoms with Gasteiger partial charge in [0.1, 0.15) is 5.75 Å². The number of nitrogens with two attached hydrogens (primary N) is 1. The van der Waals surface area contributed by atoms with Crippen LogP contribution in [0.5, 0.6) is 17.2 Å². The number of hydrazine groups is 1. The number of primary amides is 1. The van der Waals surface area contributed by atoms with Gasteiger partial charge in [0.25, 0.3) is 11.8 Å². The van der Waals surface area contributed by atoms with E-state index in [9.17, 15) is 24.3 Å². The number of ether oxygens (including phenoxy) is 2. The van der Waals surface area contributed by atoms with E-state index in [1.165, 1.54) is 26.4 Å². The van der Waals surface area contributed by atoms with Gasteiger partial charge in [-0.2, -0.15) is 9.91 Å². The SMILES string of the molecule is COc1ccc([C@@]23C(=O)N(Nc4ccc(Cl)cc4Cl)C(=O)[C@@H]2C[C@@H]2C(=CC[C@@H]4C(=O)N(C(N)=O)C(=O)[C@@H]42)[C@@H]3c2cccc(OC)c2O)cc1. The van der Waals surface area contributed by atoms with Crippen molar-refractivity contribution in [3.63, 3.8) is 0 Å². The molecule has 0 radical (unpaired) electrons. The Labute approximate surface area is 290 Å². The van der Waals surface area contributed by atoms with Crippen LogP contribution in [-0.2, 0) is 24.6 Å². The molecule has 14 heteroatoms. The molecule has 6 atom stereocenters. The number of allylic oxidation sites excluding steroid dienone is 2. The van der Waals surface area contributed by atoms with Gasteiger partial charge in [0.15, 0.2) is 11.5 Å². The highest BCUT2D eigenvalue weighted by molar-refractivity contribution is 6.36. The van der Waals surface area contributed by atoms with Crippen molar-refractivity contribution in [3.05, 3.63) is 93.5 Å². The van der Waals surface area contributed by atoms with E-state index in [1.807, 2.05) is 0 Å². The smallest absolute Gasteiger partial charge is 0.328 e. The van der Waals surface area contributed by atoms with Crippen molar-refractivity contribution < 1.29 is 38.6 Å². The first-order valence-electron chi connectivity index (χ1n) is 15.4. The number of hydrogen-bond donors (Lipinski definition) is 3. The first-order chi connectivity index (χ1) is 23.4. The average Bonchev–Trinajstić information content (AvgIpc) is 3.47. The van der Waals surface area contributed by atoms with Crippen LogP contribution in [0.2, 0.25) is 10.0 Å². The van der Waals surface area contributed by atoms with Gasteiger partial charge < -0.3 is 20.3 Å². The second-order valence-corrected chi connectivity index (χ2v) is 13.3. The summed E-state index contributed by atoms with van der Waals surface area (Å²) < 4.78 is 10.9. The molecule has 2 aliphatic heterocycles. The molecule has 0 spiro atoms. The van der Waals surface area contributed by atoms with Crippen LogP contribution in [0.25, 0.3) is 0 Å². The molecule has 252 valence electrons. The van der Waals surface area contributed by atoms with Crippen LogP contribution < -0.4 is 20.6 Å². The van der Waals surface area contributed by atoms with E-state index in [4.69, 9.17) is 38.4 Å². The molecule has 6 amide bonds. The number of carbonyl (C=O) groups is 5. The van der Waals surface area contributed by atoms with Crippen molar-refractivity contribution in [3.8, 4) is 17.2 Å². The van der Waals surface area contributed by atoms with Gasteiger partial charge in [0.2, 0.25) is 11.8 Å². The van der Waals surface area contributed by atoms with Crippen LogP contribution in [0, 0.1) is 23.7 Å². The quantitative estimate of drug-likeness (QED) is 0.242. The lowest BCUT2D eigenvalue weighted by molar-refractivity contribution is -0.139. The zero-order valence-electron chi connectivity index (χ0n) is 26.2. The standard InChI is InChI=1S/C35H30Cl2N4O8/c1-48-18-9-6-16(7-10-18)35-23(31(44)41(33(35)46)39-25-13-8-17(36)14-24(25)37)15-22-19(28(35)21-4-3-5-26(49-2)29(21)42)11-12-20-27(22)32(45)40(30(20)43)34(38)47/h3-11,13-14,20,22-23,27-28,39,42H,12,15H2,1-2H3,(H2,38,47)/t20-,22+,23-,27-,28+,35+/m0/s1. The number of nitrogens with one attached hydrogen (secondary N) is 1. The van der Waals surface area contributed by atoms with Gasteiger partial charge in [-0.3, -0.25) is 24.6 Å². The fourth-order valence-corrected chi connectivity index (χ4v) is 8.79. The summed E-state index contributed by atoms with van der Waals surface area (Å²) in [4.78, 5) is 69.7. The van der Waals surface area contributed by atoms with Crippen LogP contribution in [-0.4, -0.2) is 58.9 Å². The zero-order chi connectivity index (χ0) is 34.9. The summed E-state index contributed by atoms with van der Waals surface area (Å²) in [5, 5.41) is 13.1. The molecule has 1 saturated carbocycles. The van der Waals surface area contributed by atoms with Crippen molar-refractivity contribution in [2.75, 3.05) is 19.6 Å². The Kier molecular flexibility index (Phi) is 7.83. The number of phenolic OH excluding ortho intramolecular Hbond substituents is 1. The predicted molar refractivity (Wildman–Crippen MR) is 177 cm³/mol. The maximum absolute atomic E-state index is 15.2. The van der Waals surface area contributed by atoms with Gasteiger partial charge in [-0.15, -0.1) is 0 Å². The third-order valence-corrected chi connectivity index (χ3v) is 10.9. The fourth-order valence-electron chi connectivity index (χ4n) is 8.34. The van der Waals surface area contributed by atoms with Gasteiger partial charge >= 0.3 is 6.03 Å². The molecule has 0 aromatic heterocycles. The number of fused-ring (bicyclic) bond motifs is 4. The Hall–Kier alpha value is -5.07. The van der Waals surface area contributed by atoms with Gasteiger partial charge in [-0.05, 0) is 60.7 Å². The average molecular weight is 706 g/mol. The maximum Gasteiger partial charge on any atom is 0.328 e. The highest BCUT2D eigenvalue weighted by Crippen LogP contribution is 2.65. The third-order valence-electron chi connectivity index (χ3n) is 10.4. The van der Waals surface area contributed by atoms with Crippen LogP contribution in [0.3, 0.4) is 0 Å². The first kappa shape index (κ1) is 32.5. The molecule has 4 N–H and O–H groups in total. The van der Waals surface area contributed by atoms with Crippen molar-refractivity contribution >= 4 is 58.5 Å². The molecule has 7 rings (SSSR count). The van der Waals surface area contributed by atoms with Gasteiger partial charge in [0.05, 0.1) is 48.1 Å². The Morgan fingerprint density at radius 1 is 0.959 bits per heavy atom. The molecule has 3 aromatic rings. The molecule has 2 saturated heterocycles. The van der Waals surface area contributed by atoms with E-state index in [0.717, 1.165) is 5.01 Å². The molecule has 3 aromatic carbocycles. The number of rotatable bonds is 6. The number of para-hydroxylation sites is 1. The number of aromatic hydroxyl groups is 1. The minimum absolute atomic E-state index is 0.0387. The largest absolute Gasteiger partial charge is 0.504 e. The number of phenols is 1. The molecule has 0 bridgehead atoms. The molecular formula is C35H30Cl2N4O8. The number of anilines is 1. The number of urea groups is 1. The third kappa shape index (κ3) is 4.61. The van der Waals surface area contributed by atoms with Crippen molar-refractivity contribution in [1.82, 2.24) is 9.91 Å². The second kappa shape index (κ2) is 11.8. The Morgan fingerprint density at radius 2 is 1.69 bits per heavy atom. The monoisotopic (exact) mass is 704 g/mol. The Bertz CT molecular complexity index is 1980. The molecule has 12 nitrogen and oxygen atoms in total. The molecule has 0 unspecified atom stereocenters. The summed E-state index contributed by atoms with van der Waals surface area (Å²) in [6.07, 6.45) is 1.82. The lowest BCUT2D eigenvalue weighted by Crippen LogP contribution is -2.53. The minimum atomic E-state index is -1.69. The highest BCUT2D eigenvalue weighted by Gasteiger charge is 2.71. The van der Waals surface area contributed by atoms with Gasteiger partial charge in [0, 0.05) is 16.5 Å². The normalized spacial score (nSPS) is 27.3. The van der Waals surface area contributed by atoms with E-state index in [1.54, 1.807) is 54.6 Å². The number of carbonyl (C=O) groups excluding carboxylic acids is 5. The van der Waals surface area contributed by atoms with E-state index in [2.05, 4.69) is 5.43 Å². The number of methoxy groups -OCH3 is 2. The van der Waals surface area contributed by atoms with Crippen LogP contribution in [0.15, 0.2) is 72.3 Å². The summed E-state index contributed by atoms with van der Waals surface area (Å²) in [6, 6.07) is 15.0. The van der Waals surface area contributed by atoms with E-state index in [-0.39, 0.29) is 40.6 Å². The number of benzene rings is 3. The maximum atomic E-state index is 15.2. The molecule has 3 fully saturated rings. The summed E-state index contributed by atoms with van der Waals surface area (Å²) >= 11 is 12.6. The summed E-state index contributed by atoms with van der Waals surface area (Å²) in [7, 11) is 2.89. The van der Waals surface area contributed by atoms with Crippen molar-refractivity contribution in [1.29, 1.82) is 0 Å². The predicted octanol–water partition coefficient (Wildman–Crippen LogP) is 4.78. The number of likely N-dealkylation sites (tertiary alicyclic amines) is 1. The Morgan fingerprint density at radius 3 is 2.35 bits per heavy atom. The van der Waals surface area contributed by atoms with Crippen LogP contribution in [0.4, 0.5) is 10.5 Å². The first-order valence-corrected chi connectivity index (χ1v) is 16.2. The Balaban J connectivity index is 1.49. The van der Waals surface area contributed by atoms with Crippen LogP contribution in [0.1, 0.15) is 29.9 Å². The van der Waals surface area contributed by atoms with Crippen LogP contribution >= 0.6 is 23.2 Å². The lowest BCUT2D eigenvalue weighted by atomic mass is 9.49. The molecule has 4 aliphatic rings. The van der Waals surface area contributed by atoms with Crippen molar-refractivity contribution in [2.24, 2.45) is 29.4 Å². The van der Waals surface area contributed by atoms with E-state index < -0.39 is 64.7 Å². The van der Waals surface area contributed by atoms with Crippen molar-refractivity contribution in [2.45, 2.75) is 24.2 Å². The molecule has 49 heavy (non-hydrogen) atoms. The number of imide groups is 4. The van der Waals surface area contributed by atoms with E-state index >= 15 is 4.79 Å². The van der Waals surface area contributed by atoms with Gasteiger partial charge in [-0.25, -0.2) is 4.79 Å². The number of halogens is 2. The highest BCUT2D eigenvalue weighted by atomic mass is 35.5. The number of nitrogens with zero attached hydrogens (tertiary/aromatic N) is 2. The summed E-state index contributed by atoms with van der Waals surface area (Å²) in [5.41, 5.74) is 8.21. The molecular weight excluding hydrogens is 675 g/mol. The fraction of sp³-hybridized carbons (Fsp3) is 0.286. The second-order valence-electron chi connectivity index (χ2n) is 12.5. The number of amides is 6. The van der Waals surface area contributed by atoms with E-state index in [0.29, 0.717) is 26.8 Å². The number of hydrogen-bond acceptors (Lipinski definition) is 9. The topological polar surface area (TPSA) is 169 Å². The zero-order valence-corrected chi connectivity index (χ0v) is 27.7. The molecule has 2 aliphatic carbocycles. The summed E-state index contributed by atoms with van der Waals surface area (Å²) in [5.74, 6) is -7.23. The summed E-state index contributed by atoms with van der Waals surface area (Å²) in [6.45, 7) is 0.